The second-order valence-electron chi connectivity index (χ2n) is 9.17. The van der Waals surface area contributed by atoms with Gasteiger partial charge in [0.1, 0.15) is 18.1 Å². The first-order chi connectivity index (χ1) is 17.0. The maximum Gasteiger partial charge on any atom is 0.326 e. The van der Waals surface area contributed by atoms with Crippen LogP contribution in [0.5, 0.6) is 0 Å². The SMILES string of the molecule is CCC(C)C(NC(=O)C(NC(=O)C(N)Cc1cnc[nH]1)C(C)C)C(=O)NC(Cc1cnc[nH]1)C(=O)O. The lowest BCUT2D eigenvalue weighted by atomic mass is 9.95. The molecule has 2 heterocycles. The monoisotopic (exact) mass is 504 g/mol. The standard InChI is InChI=1S/C23H36N8O5/c1-5-13(4)19(22(34)29-17(23(35)36)7-15-9-26-11-28-15)31-21(33)18(12(2)3)30-20(32)16(24)6-14-8-25-10-27-14/h8-13,16-19H,5-7,24H2,1-4H3,(H,25,27)(H,26,28)(H,29,34)(H,30,32)(H,31,33)(H,35,36). The van der Waals surface area contributed by atoms with Gasteiger partial charge in [0.05, 0.1) is 18.7 Å². The maximum absolute atomic E-state index is 13.2. The summed E-state index contributed by atoms with van der Waals surface area (Å²) in [6, 6.07) is -4.10. The lowest BCUT2D eigenvalue weighted by Gasteiger charge is -2.29. The van der Waals surface area contributed by atoms with Crippen LogP contribution in [0.4, 0.5) is 0 Å². The van der Waals surface area contributed by atoms with Gasteiger partial charge in [0, 0.05) is 36.6 Å². The van der Waals surface area contributed by atoms with Crippen molar-refractivity contribution in [1.29, 1.82) is 0 Å². The van der Waals surface area contributed by atoms with Crippen LogP contribution in [0.25, 0.3) is 0 Å². The minimum atomic E-state index is -1.22. The van der Waals surface area contributed by atoms with Gasteiger partial charge in [-0.25, -0.2) is 14.8 Å². The fraction of sp³-hybridized carbons (Fsp3) is 0.565. The molecule has 0 saturated heterocycles. The number of nitrogens with one attached hydrogen (secondary N) is 5. The van der Waals surface area contributed by atoms with Gasteiger partial charge in [0.25, 0.3) is 0 Å². The lowest BCUT2D eigenvalue weighted by Crippen LogP contribution is -2.60. The van der Waals surface area contributed by atoms with E-state index < -0.39 is 47.9 Å². The highest BCUT2D eigenvalue weighted by atomic mass is 16.4. The third kappa shape index (κ3) is 8.18. The van der Waals surface area contributed by atoms with Gasteiger partial charge in [0.15, 0.2) is 0 Å². The Morgan fingerprint density at radius 2 is 1.42 bits per heavy atom. The molecule has 5 unspecified atom stereocenters. The lowest BCUT2D eigenvalue weighted by molar-refractivity contribution is -0.142. The predicted molar refractivity (Wildman–Crippen MR) is 130 cm³/mol. The first kappa shape index (κ1) is 28.5. The Morgan fingerprint density at radius 3 is 1.89 bits per heavy atom. The molecule has 3 amide bonds. The number of imidazole rings is 2. The number of amides is 3. The summed E-state index contributed by atoms with van der Waals surface area (Å²) in [7, 11) is 0. The van der Waals surface area contributed by atoms with Crippen molar-refractivity contribution >= 4 is 23.7 Å². The Hall–Kier alpha value is -3.74. The molecule has 13 nitrogen and oxygen atoms in total. The second-order valence-corrected chi connectivity index (χ2v) is 9.17. The first-order valence-corrected chi connectivity index (χ1v) is 11.9. The third-order valence-corrected chi connectivity index (χ3v) is 5.97. The molecule has 0 fully saturated rings. The Morgan fingerprint density at radius 1 is 0.889 bits per heavy atom. The van der Waals surface area contributed by atoms with Gasteiger partial charge in [-0.1, -0.05) is 34.1 Å². The predicted octanol–water partition coefficient (Wildman–Crippen LogP) is -0.514. The van der Waals surface area contributed by atoms with E-state index in [0.29, 0.717) is 17.8 Å². The number of nitrogens with two attached hydrogens (primary N) is 1. The zero-order valence-corrected chi connectivity index (χ0v) is 20.9. The number of nitrogens with zero attached hydrogens (tertiary/aromatic N) is 2. The van der Waals surface area contributed by atoms with E-state index in [1.54, 1.807) is 27.0 Å². The average Bonchev–Trinajstić information content (AvgIpc) is 3.53. The summed E-state index contributed by atoms with van der Waals surface area (Å²) in [6.45, 7) is 7.15. The van der Waals surface area contributed by atoms with Crippen LogP contribution in [0, 0.1) is 11.8 Å². The molecular weight excluding hydrogens is 468 g/mol. The summed E-state index contributed by atoms with van der Waals surface area (Å²) in [5.41, 5.74) is 7.22. The summed E-state index contributed by atoms with van der Waals surface area (Å²) in [6.07, 6.45) is 6.69. The molecule has 8 N–H and O–H groups in total. The molecule has 0 aliphatic carbocycles. The minimum Gasteiger partial charge on any atom is -0.480 e. The minimum absolute atomic E-state index is 0.00113. The molecule has 36 heavy (non-hydrogen) atoms. The number of aromatic nitrogens is 4. The highest BCUT2D eigenvalue weighted by Gasteiger charge is 2.34. The Balaban J connectivity index is 2.09. The molecule has 0 aliphatic heterocycles. The largest absolute Gasteiger partial charge is 0.480 e. The number of hydrogen-bond acceptors (Lipinski definition) is 7. The van der Waals surface area contributed by atoms with E-state index in [2.05, 4.69) is 35.9 Å². The van der Waals surface area contributed by atoms with Crippen molar-refractivity contribution < 1.29 is 24.3 Å². The van der Waals surface area contributed by atoms with E-state index in [1.165, 1.54) is 18.9 Å². The first-order valence-electron chi connectivity index (χ1n) is 11.9. The van der Waals surface area contributed by atoms with Crippen LogP contribution in [-0.2, 0) is 32.0 Å². The van der Waals surface area contributed by atoms with Gasteiger partial charge in [-0.05, 0) is 11.8 Å². The Bertz CT molecular complexity index is 992. The van der Waals surface area contributed by atoms with Crippen LogP contribution in [0.15, 0.2) is 25.0 Å². The molecule has 0 radical (unpaired) electrons. The number of carboxylic acid groups (broad SMARTS) is 1. The fourth-order valence-electron chi connectivity index (χ4n) is 3.54. The maximum atomic E-state index is 13.2. The van der Waals surface area contributed by atoms with E-state index >= 15 is 0 Å². The highest BCUT2D eigenvalue weighted by Crippen LogP contribution is 2.12. The van der Waals surface area contributed by atoms with Crippen molar-refractivity contribution in [3.05, 3.63) is 36.4 Å². The van der Waals surface area contributed by atoms with Crippen LogP contribution in [0.2, 0.25) is 0 Å². The van der Waals surface area contributed by atoms with Crippen molar-refractivity contribution in [1.82, 2.24) is 35.9 Å². The second kappa shape index (κ2) is 13.4. The van der Waals surface area contributed by atoms with Gasteiger partial charge in [-0.2, -0.15) is 0 Å². The molecule has 13 heteroatoms. The molecule has 198 valence electrons. The summed E-state index contributed by atoms with van der Waals surface area (Å²) < 4.78 is 0. The van der Waals surface area contributed by atoms with Gasteiger partial charge >= 0.3 is 5.97 Å². The number of carbonyl (C=O) groups is 4. The number of hydrogen-bond donors (Lipinski definition) is 7. The van der Waals surface area contributed by atoms with Gasteiger partial charge in [-0.3, -0.25) is 14.4 Å². The van der Waals surface area contributed by atoms with Crippen molar-refractivity contribution in [2.45, 2.75) is 71.1 Å². The zero-order valence-electron chi connectivity index (χ0n) is 20.9. The summed E-state index contributed by atoms with van der Waals surface area (Å²) in [5.74, 6) is -3.54. The molecule has 2 aromatic rings. The zero-order chi connectivity index (χ0) is 26.8. The molecule has 5 atom stereocenters. The summed E-state index contributed by atoms with van der Waals surface area (Å²) in [5, 5.41) is 17.5. The Kier molecular flexibility index (Phi) is 10.6. The molecule has 2 rings (SSSR count). The number of carboxylic acids is 1. The van der Waals surface area contributed by atoms with Gasteiger partial charge in [0.2, 0.25) is 17.7 Å². The highest BCUT2D eigenvalue weighted by molar-refractivity contribution is 5.94. The number of rotatable bonds is 14. The van der Waals surface area contributed by atoms with Crippen molar-refractivity contribution in [3.8, 4) is 0 Å². The van der Waals surface area contributed by atoms with E-state index in [9.17, 15) is 24.3 Å². The van der Waals surface area contributed by atoms with Crippen molar-refractivity contribution in [2.24, 2.45) is 17.6 Å². The van der Waals surface area contributed by atoms with E-state index in [1.807, 2.05) is 6.92 Å². The van der Waals surface area contributed by atoms with Crippen LogP contribution in [0.3, 0.4) is 0 Å². The summed E-state index contributed by atoms with van der Waals surface area (Å²) in [4.78, 5) is 64.1. The number of aliphatic carboxylic acids is 1. The topological polar surface area (TPSA) is 208 Å². The molecular formula is C23H36N8O5. The molecule has 0 bridgehead atoms. The van der Waals surface area contributed by atoms with Gasteiger partial charge < -0.3 is 36.8 Å². The van der Waals surface area contributed by atoms with Crippen LogP contribution in [0.1, 0.15) is 45.5 Å². The Labute approximate surface area is 209 Å². The van der Waals surface area contributed by atoms with E-state index in [4.69, 9.17) is 5.73 Å². The molecule has 0 aliphatic rings. The molecule has 0 spiro atoms. The third-order valence-electron chi connectivity index (χ3n) is 5.97. The van der Waals surface area contributed by atoms with Crippen molar-refractivity contribution in [3.63, 3.8) is 0 Å². The van der Waals surface area contributed by atoms with Gasteiger partial charge in [-0.15, -0.1) is 0 Å². The average molecular weight is 505 g/mol. The fourth-order valence-corrected chi connectivity index (χ4v) is 3.54. The summed E-state index contributed by atoms with van der Waals surface area (Å²) >= 11 is 0. The van der Waals surface area contributed by atoms with Crippen LogP contribution < -0.4 is 21.7 Å². The number of H-pyrrole nitrogens is 2. The molecule has 2 aromatic heterocycles. The van der Waals surface area contributed by atoms with E-state index in [-0.39, 0.29) is 24.7 Å². The van der Waals surface area contributed by atoms with Crippen molar-refractivity contribution in [2.75, 3.05) is 0 Å². The smallest absolute Gasteiger partial charge is 0.326 e. The normalized spacial score (nSPS) is 15.4. The number of carbonyl (C=O) groups excluding carboxylic acids is 3. The van der Waals surface area contributed by atoms with Crippen LogP contribution in [-0.4, -0.2) is 72.9 Å². The number of aromatic amines is 2. The molecule has 0 saturated carbocycles. The van der Waals surface area contributed by atoms with E-state index in [0.717, 1.165) is 0 Å². The quantitative estimate of drug-likeness (QED) is 0.178. The molecule has 0 aromatic carbocycles. The van der Waals surface area contributed by atoms with Crippen LogP contribution >= 0.6 is 0 Å².